The van der Waals surface area contributed by atoms with Gasteiger partial charge in [0.05, 0.1) is 5.02 Å². The number of nitrogens with one attached hydrogen (secondary N) is 2. The molecule has 4 nitrogen and oxygen atoms in total. The first-order valence-electron chi connectivity index (χ1n) is 6.60. The highest BCUT2D eigenvalue weighted by atomic mass is 35.5. The molecule has 3 N–H and O–H groups in total. The van der Waals surface area contributed by atoms with Gasteiger partial charge in [0.25, 0.3) is 5.91 Å². The zero-order valence-electron chi connectivity index (χ0n) is 11.7. The van der Waals surface area contributed by atoms with E-state index in [1.807, 2.05) is 18.2 Å². The summed E-state index contributed by atoms with van der Waals surface area (Å²) in [5.41, 5.74) is 2.45. The number of halogens is 1. The smallest absolute Gasteiger partial charge is 0.251 e. The number of rotatable bonds is 5. The van der Waals surface area contributed by atoms with Crippen LogP contribution in [0, 0.1) is 0 Å². The number of amides is 1. The molecule has 0 aromatic heterocycles. The van der Waals surface area contributed by atoms with Gasteiger partial charge in [-0.1, -0.05) is 35.9 Å². The van der Waals surface area contributed by atoms with Crippen LogP contribution >= 0.6 is 11.6 Å². The fourth-order valence-electron chi connectivity index (χ4n) is 1.96. The first-order chi connectivity index (χ1) is 10.1. The number of benzene rings is 2. The Kier molecular flexibility index (Phi) is 5.20. The van der Waals surface area contributed by atoms with E-state index in [1.165, 1.54) is 0 Å². The van der Waals surface area contributed by atoms with Crippen molar-refractivity contribution in [1.82, 2.24) is 10.6 Å². The van der Waals surface area contributed by atoms with Gasteiger partial charge in [-0.3, -0.25) is 4.79 Å². The third kappa shape index (κ3) is 3.97. The quantitative estimate of drug-likeness (QED) is 0.796. The number of hydrogen-bond acceptors (Lipinski definition) is 3. The zero-order valence-corrected chi connectivity index (χ0v) is 12.4. The number of hydrogen-bond donors (Lipinski definition) is 3. The molecular formula is C16H17ClN2O2. The van der Waals surface area contributed by atoms with E-state index < -0.39 is 0 Å². The Morgan fingerprint density at radius 2 is 1.86 bits per heavy atom. The molecule has 0 aliphatic rings. The van der Waals surface area contributed by atoms with Gasteiger partial charge in [0, 0.05) is 31.3 Å². The predicted octanol–water partition coefficient (Wildman–Crippen LogP) is 2.70. The molecule has 0 unspecified atom stereocenters. The van der Waals surface area contributed by atoms with E-state index in [1.54, 1.807) is 31.3 Å². The Morgan fingerprint density at radius 3 is 2.52 bits per heavy atom. The highest BCUT2D eigenvalue weighted by Gasteiger charge is 2.05. The summed E-state index contributed by atoms with van der Waals surface area (Å²) in [4.78, 5) is 11.4. The number of para-hydroxylation sites is 1. The SMILES string of the molecule is CNC(=O)c1ccc(CNCc2cccc(Cl)c2O)cc1. The number of carbonyl (C=O) groups is 1. The first kappa shape index (κ1) is 15.4. The van der Waals surface area contributed by atoms with Crippen LogP contribution in [0.3, 0.4) is 0 Å². The van der Waals surface area contributed by atoms with Gasteiger partial charge in [-0.25, -0.2) is 0 Å². The van der Waals surface area contributed by atoms with E-state index in [-0.39, 0.29) is 11.7 Å². The second-order valence-electron chi connectivity index (χ2n) is 4.63. The van der Waals surface area contributed by atoms with Gasteiger partial charge < -0.3 is 15.7 Å². The molecule has 0 atom stereocenters. The lowest BCUT2D eigenvalue weighted by molar-refractivity contribution is 0.0963. The summed E-state index contributed by atoms with van der Waals surface area (Å²) < 4.78 is 0. The summed E-state index contributed by atoms with van der Waals surface area (Å²) in [6, 6.07) is 12.6. The predicted molar refractivity (Wildman–Crippen MR) is 83.5 cm³/mol. The Bertz CT molecular complexity index is 627. The van der Waals surface area contributed by atoms with Crippen LogP contribution in [0.5, 0.6) is 5.75 Å². The molecule has 0 fully saturated rings. The van der Waals surface area contributed by atoms with Crippen LogP contribution in [0.25, 0.3) is 0 Å². The maximum Gasteiger partial charge on any atom is 0.251 e. The van der Waals surface area contributed by atoms with Crippen molar-refractivity contribution < 1.29 is 9.90 Å². The number of carbonyl (C=O) groups excluding carboxylic acids is 1. The second-order valence-corrected chi connectivity index (χ2v) is 5.03. The van der Waals surface area contributed by atoms with E-state index >= 15 is 0 Å². The van der Waals surface area contributed by atoms with Crippen LogP contribution < -0.4 is 10.6 Å². The lowest BCUT2D eigenvalue weighted by Crippen LogP contribution is -2.18. The second kappa shape index (κ2) is 7.11. The Morgan fingerprint density at radius 1 is 1.14 bits per heavy atom. The average molecular weight is 305 g/mol. The maximum absolute atomic E-state index is 11.4. The van der Waals surface area contributed by atoms with Crippen LogP contribution in [0.4, 0.5) is 0 Å². The van der Waals surface area contributed by atoms with E-state index in [0.717, 1.165) is 11.1 Å². The van der Waals surface area contributed by atoms with Crippen molar-refractivity contribution in [2.45, 2.75) is 13.1 Å². The van der Waals surface area contributed by atoms with Gasteiger partial charge in [0.1, 0.15) is 5.75 Å². The molecule has 21 heavy (non-hydrogen) atoms. The van der Waals surface area contributed by atoms with Gasteiger partial charge >= 0.3 is 0 Å². The normalized spacial score (nSPS) is 10.4. The molecule has 5 heteroatoms. The number of aromatic hydroxyl groups is 1. The van der Waals surface area contributed by atoms with Crippen LogP contribution in [0.2, 0.25) is 5.02 Å². The molecule has 0 saturated heterocycles. The maximum atomic E-state index is 11.4. The Hall–Kier alpha value is -2.04. The van der Waals surface area contributed by atoms with Gasteiger partial charge in [-0.2, -0.15) is 0 Å². The minimum atomic E-state index is -0.0987. The van der Waals surface area contributed by atoms with Crippen LogP contribution in [0.15, 0.2) is 42.5 Å². The summed E-state index contributed by atoms with van der Waals surface area (Å²) in [5.74, 6) is 0.0139. The third-order valence-electron chi connectivity index (χ3n) is 3.16. The van der Waals surface area contributed by atoms with E-state index in [9.17, 15) is 9.90 Å². The Labute approximate surface area is 128 Å². The standard InChI is InChI=1S/C16H17ClN2O2/c1-18-16(21)12-7-5-11(6-8-12)9-19-10-13-3-2-4-14(17)15(13)20/h2-8,19-20H,9-10H2,1H3,(H,18,21). The summed E-state index contributed by atoms with van der Waals surface area (Å²) in [5, 5.41) is 16.0. The third-order valence-corrected chi connectivity index (χ3v) is 3.46. The summed E-state index contributed by atoms with van der Waals surface area (Å²) in [7, 11) is 1.61. The van der Waals surface area contributed by atoms with Crippen molar-refractivity contribution in [1.29, 1.82) is 0 Å². The van der Waals surface area contributed by atoms with Crippen LogP contribution in [-0.2, 0) is 13.1 Å². The van der Waals surface area contributed by atoms with E-state index in [0.29, 0.717) is 23.7 Å². The fourth-order valence-corrected chi connectivity index (χ4v) is 2.16. The molecular weight excluding hydrogens is 288 g/mol. The number of phenolic OH excluding ortho intramolecular Hbond substituents is 1. The molecule has 2 rings (SSSR count). The minimum absolute atomic E-state index is 0.0987. The topological polar surface area (TPSA) is 61.4 Å². The van der Waals surface area contributed by atoms with Gasteiger partial charge in [0.15, 0.2) is 0 Å². The Balaban J connectivity index is 1.91. The van der Waals surface area contributed by atoms with Crippen molar-refractivity contribution >= 4 is 17.5 Å². The van der Waals surface area contributed by atoms with E-state index in [2.05, 4.69) is 10.6 Å². The first-order valence-corrected chi connectivity index (χ1v) is 6.97. The van der Waals surface area contributed by atoms with Crippen molar-refractivity contribution in [3.63, 3.8) is 0 Å². The molecule has 0 spiro atoms. The van der Waals surface area contributed by atoms with Crippen LogP contribution in [-0.4, -0.2) is 18.1 Å². The minimum Gasteiger partial charge on any atom is -0.506 e. The van der Waals surface area contributed by atoms with Crippen LogP contribution in [0.1, 0.15) is 21.5 Å². The highest BCUT2D eigenvalue weighted by Crippen LogP contribution is 2.26. The largest absolute Gasteiger partial charge is 0.506 e. The summed E-state index contributed by atoms with van der Waals surface area (Å²) in [6.45, 7) is 1.16. The van der Waals surface area contributed by atoms with Gasteiger partial charge in [-0.15, -0.1) is 0 Å². The molecule has 0 radical (unpaired) electrons. The fraction of sp³-hybridized carbons (Fsp3) is 0.188. The number of phenols is 1. The summed E-state index contributed by atoms with van der Waals surface area (Å²) in [6.07, 6.45) is 0. The lowest BCUT2D eigenvalue weighted by atomic mass is 10.1. The molecule has 2 aromatic carbocycles. The zero-order chi connectivity index (χ0) is 15.2. The molecule has 1 amide bonds. The summed E-state index contributed by atoms with van der Waals surface area (Å²) >= 11 is 5.85. The lowest BCUT2D eigenvalue weighted by Gasteiger charge is -2.08. The highest BCUT2D eigenvalue weighted by molar-refractivity contribution is 6.32. The molecule has 2 aromatic rings. The average Bonchev–Trinajstić information content (AvgIpc) is 2.51. The molecule has 0 heterocycles. The van der Waals surface area contributed by atoms with Crippen molar-refractivity contribution in [3.8, 4) is 5.75 Å². The van der Waals surface area contributed by atoms with Gasteiger partial charge in [0.2, 0.25) is 0 Å². The molecule has 0 aliphatic heterocycles. The van der Waals surface area contributed by atoms with Gasteiger partial charge in [-0.05, 0) is 23.8 Å². The molecule has 0 aliphatic carbocycles. The monoisotopic (exact) mass is 304 g/mol. The van der Waals surface area contributed by atoms with Crippen molar-refractivity contribution in [3.05, 3.63) is 64.2 Å². The van der Waals surface area contributed by atoms with E-state index in [4.69, 9.17) is 11.6 Å². The molecule has 110 valence electrons. The molecule has 0 bridgehead atoms. The van der Waals surface area contributed by atoms with Crippen molar-refractivity contribution in [2.24, 2.45) is 0 Å². The molecule has 0 saturated carbocycles. The van der Waals surface area contributed by atoms with Crippen molar-refractivity contribution in [2.75, 3.05) is 7.05 Å².